The second kappa shape index (κ2) is 3.51. The van der Waals surface area contributed by atoms with Crippen LogP contribution in [0.4, 0.5) is 13.2 Å². The van der Waals surface area contributed by atoms with Gasteiger partial charge >= 0.3 is 12.1 Å². The van der Waals surface area contributed by atoms with Crippen LogP contribution in [0.1, 0.15) is 21.6 Å². The topological polar surface area (TPSA) is 53.1 Å². The molecule has 0 fully saturated rings. The van der Waals surface area contributed by atoms with Crippen LogP contribution in [0, 0.1) is 6.92 Å². The molecule has 0 radical (unpaired) electrons. The molecule has 90 valence electrons. The molecular formula is C11H8F3NO2. The van der Waals surface area contributed by atoms with Crippen LogP contribution in [0.5, 0.6) is 0 Å². The van der Waals surface area contributed by atoms with Gasteiger partial charge in [0.05, 0.1) is 5.56 Å². The highest BCUT2D eigenvalue weighted by molar-refractivity contribution is 6.05. The fraction of sp³-hybridized carbons (Fsp3) is 0.182. The van der Waals surface area contributed by atoms with Crippen molar-refractivity contribution in [2.45, 2.75) is 13.1 Å². The van der Waals surface area contributed by atoms with Crippen LogP contribution in [0.3, 0.4) is 0 Å². The number of carboxylic acids is 1. The van der Waals surface area contributed by atoms with Crippen LogP contribution < -0.4 is 0 Å². The van der Waals surface area contributed by atoms with E-state index in [9.17, 15) is 18.0 Å². The second-order valence-corrected chi connectivity index (χ2v) is 3.73. The summed E-state index contributed by atoms with van der Waals surface area (Å²) in [5.41, 5.74) is -1.02. The van der Waals surface area contributed by atoms with Crippen molar-refractivity contribution in [2.75, 3.05) is 0 Å². The first-order chi connectivity index (χ1) is 7.80. The van der Waals surface area contributed by atoms with E-state index in [0.717, 1.165) is 5.56 Å². The number of benzene rings is 1. The van der Waals surface area contributed by atoms with E-state index >= 15 is 0 Å². The monoisotopic (exact) mass is 243 g/mol. The van der Waals surface area contributed by atoms with E-state index in [2.05, 4.69) is 4.98 Å². The normalized spacial score (nSPS) is 12.0. The average molecular weight is 243 g/mol. The third-order valence-electron chi connectivity index (χ3n) is 2.45. The van der Waals surface area contributed by atoms with Gasteiger partial charge in [-0.3, -0.25) is 0 Å². The molecule has 17 heavy (non-hydrogen) atoms. The molecule has 0 aliphatic rings. The molecule has 0 aliphatic heterocycles. The van der Waals surface area contributed by atoms with Crippen LogP contribution in [0.25, 0.3) is 10.9 Å². The van der Waals surface area contributed by atoms with Crippen LogP contribution in [-0.4, -0.2) is 16.1 Å². The lowest BCUT2D eigenvalue weighted by Gasteiger charge is -2.04. The summed E-state index contributed by atoms with van der Waals surface area (Å²) < 4.78 is 38.0. The number of rotatable bonds is 1. The fourth-order valence-electron chi connectivity index (χ4n) is 1.75. The number of hydrogen-bond donors (Lipinski definition) is 2. The number of H-pyrrole nitrogens is 1. The molecule has 1 aromatic carbocycles. The fourth-order valence-corrected chi connectivity index (χ4v) is 1.75. The lowest BCUT2D eigenvalue weighted by atomic mass is 10.1. The van der Waals surface area contributed by atoms with E-state index in [-0.39, 0.29) is 10.9 Å². The van der Waals surface area contributed by atoms with Crippen LogP contribution in [0.15, 0.2) is 18.2 Å². The summed E-state index contributed by atoms with van der Waals surface area (Å²) in [5, 5.41) is 8.93. The molecule has 0 amide bonds. The summed E-state index contributed by atoms with van der Waals surface area (Å²) in [5.74, 6) is -1.59. The standard InChI is InChI=1S/C11H8F3NO2/c1-5-2-3-6-7(4-5)15-9(11(12,13)14)8(6)10(16)17/h2-4,15H,1H3,(H,16,17). The van der Waals surface area contributed by atoms with Crippen molar-refractivity contribution in [3.8, 4) is 0 Å². The zero-order chi connectivity index (χ0) is 12.8. The highest BCUT2D eigenvalue weighted by Gasteiger charge is 2.38. The van der Waals surface area contributed by atoms with Crippen LogP contribution in [-0.2, 0) is 6.18 Å². The van der Waals surface area contributed by atoms with E-state index in [0.29, 0.717) is 0 Å². The Bertz CT molecular complexity index is 599. The molecule has 2 rings (SSSR count). The molecule has 0 atom stereocenters. The van der Waals surface area contributed by atoms with Gasteiger partial charge in [0.15, 0.2) is 0 Å². The second-order valence-electron chi connectivity index (χ2n) is 3.73. The highest BCUT2D eigenvalue weighted by Crippen LogP contribution is 2.35. The van der Waals surface area contributed by atoms with Gasteiger partial charge in [-0.1, -0.05) is 12.1 Å². The molecule has 0 spiro atoms. The summed E-state index contributed by atoms with van der Waals surface area (Å²) in [6.07, 6.45) is -4.71. The van der Waals surface area contributed by atoms with Crippen molar-refractivity contribution in [2.24, 2.45) is 0 Å². The van der Waals surface area contributed by atoms with Gasteiger partial charge in [-0.25, -0.2) is 4.79 Å². The number of carboxylic acid groups (broad SMARTS) is 1. The first-order valence-electron chi connectivity index (χ1n) is 4.73. The van der Waals surface area contributed by atoms with Gasteiger partial charge in [0.2, 0.25) is 0 Å². The largest absolute Gasteiger partial charge is 0.478 e. The molecule has 0 saturated carbocycles. The average Bonchev–Trinajstić information content (AvgIpc) is 2.55. The molecule has 1 heterocycles. The minimum atomic E-state index is -4.71. The van der Waals surface area contributed by atoms with Crippen molar-refractivity contribution < 1.29 is 23.1 Å². The number of carbonyl (C=O) groups is 1. The van der Waals surface area contributed by atoms with Crippen molar-refractivity contribution in [3.05, 3.63) is 35.0 Å². The Balaban J connectivity index is 2.84. The third kappa shape index (κ3) is 1.86. The van der Waals surface area contributed by atoms with E-state index < -0.39 is 23.4 Å². The first-order valence-corrected chi connectivity index (χ1v) is 4.73. The minimum Gasteiger partial charge on any atom is -0.478 e. The Morgan fingerprint density at radius 1 is 1.35 bits per heavy atom. The van der Waals surface area contributed by atoms with E-state index in [1.165, 1.54) is 12.1 Å². The molecule has 2 N–H and O–H groups in total. The Morgan fingerprint density at radius 2 is 2.00 bits per heavy atom. The van der Waals surface area contributed by atoms with Crippen molar-refractivity contribution in [1.29, 1.82) is 0 Å². The summed E-state index contributed by atoms with van der Waals surface area (Å²) in [7, 11) is 0. The van der Waals surface area contributed by atoms with Crippen molar-refractivity contribution in [3.63, 3.8) is 0 Å². The SMILES string of the molecule is Cc1ccc2c(C(=O)O)c(C(F)(F)F)[nH]c2c1. The summed E-state index contributed by atoms with van der Waals surface area (Å²) in [6, 6.07) is 4.43. The summed E-state index contributed by atoms with van der Waals surface area (Å²) in [4.78, 5) is 13.0. The van der Waals surface area contributed by atoms with Crippen molar-refractivity contribution in [1.82, 2.24) is 4.98 Å². The Hall–Kier alpha value is -1.98. The van der Waals surface area contributed by atoms with Gasteiger partial charge in [-0.2, -0.15) is 13.2 Å². The zero-order valence-corrected chi connectivity index (χ0v) is 8.72. The van der Waals surface area contributed by atoms with Gasteiger partial charge < -0.3 is 10.1 Å². The first kappa shape index (κ1) is 11.5. The molecule has 0 unspecified atom stereocenters. The number of aromatic carboxylic acids is 1. The maximum absolute atomic E-state index is 12.7. The smallest absolute Gasteiger partial charge is 0.432 e. The maximum atomic E-state index is 12.7. The van der Waals surface area contributed by atoms with Gasteiger partial charge in [-0.15, -0.1) is 0 Å². The highest BCUT2D eigenvalue weighted by atomic mass is 19.4. The third-order valence-corrected chi connectivity index (χ3v) is 2.45. The number of aromatic amines is 1. The number of halogens is 3. The number of alkyl halides is 3. The molecular weight excluding hydrogens is 235 g/mol. The lowest BCUT2D eigenvalue weighted by molar-refractivity contribution is -0.141. The van der Waals surface area contributed by atoms with Gasteiger partial charge in [-0.05, 0) is 18.6 Å². The van der Waals surface area contributed by atoms with E-state index in [1.807, 2.05) is 0 Å². The number of hydrogen-bond acceptors (Lipinski definition) is 1. The predicted octanol–water partition coefficient (Wildman–Crippen LogP) is 3.19. The van der Waals surface area contributed by atoms with Gasteiger partial charge in [0, 0.05) is 10.9 Å². The predicted molar refractivity (Wildman–Crippen MR) is 55.0 cm³/mol. The summed E-state index contributed by atoms with van der Waals surface area (Å²) in [6.45, 7) is 1.72. The number of nitrogens with one attached hydrogen (secondary N) is 1. The van der Waals surface area contributed by atoms with Gasteiger partial charge in [0.1, 0.15) is 5.69 Å². The Labute approximate surface area is 93.9 Å². The summed E-state index contributed by atoms with van der Waals surface area (Å²) >= 11 is 0. The Kier molecular flexibility index (Phi) is 2.38. The molecule has 2 aromatic rings. The maximum Gasteiger partial charge on any atom is 0.432 e. The van der Waals surface area contributed by atoms with E-state index in [4.69, 9.17) is 5.11 Å². The number of fused-ring (bicyclic) bond motifs is 1. The van der Waals surface area contributed by atoms with Crippen LogP contribution in [0.2, 0.25) is 0 Å². The number of aryl methyl sites for hydroxylation is 1. The Morgan fingerprint density at radius 3 is 2.53 bits per heavy atom. The molecule has 0 saturated heterocycles. The molecule has 0 aliphatic carbocycles. The quantitative estimate of drug-likeness (QED) is 0.808. The molecule has 1 aromatic heterocycles. The lowest BCUT2D eigenvalue weighted by Crippen LogP contribution is -2.11. The molecule has 6 heteroatoms. The number of aromatic nitrogens is 1. The zero-order valence-electron chi connectivity index (χ0n) is 8.72. The van der Waals surface area contributed by atoms with E-state index in [1.54, 1.807) is 13.0 Å². The molecule has 3 nitrogen and oxygen atoms in total. The minimum absolute atomic E-state index is 0.0652. The van der Waals surface area contributed by atoms with Crippen LogP contribution >= 0.6 is 0 Å². The van der Waals surface area contributed by atoms with Crippen molar-refractivity contribution >= 4 is 16.9 Å². The molecule has 0 bridgehead atoms. The van der Waals surface area contributed by atoms with Gasteiger partial charge in [0.25, 0.3) is 0 Å².